The zero-order chi connectivity index (χ0) is 18.7. The lowest BCUT2D eigenvalue weighted by molar-refractivity contribution is -0.274. The van der Waals surface area contributed by atoms with Crippen LogP contribution in [0.3, 0.4) is 0 Å². The summed E-state index contributed by atoms with van der Waals surface area (Å²) in [5.41, 5.74) is 5.01. The first kappa shape index (κ1) is 18.5. The van der Waals surface area contributed by atoms with Gasteiger partial charge < -0.3 is 4.74 Å². The van der Waals surface area contributed by atoms with Gasteiger partial charge in [0, 0.05) is 3.57 Å². The molecule has 0 saturated carbocycles. The third kappa shape index (κ3) is 4.46. The molecule has 0 amide bonds. The van der Waals surface area contributed by atoms with Gasteiger partial charge in [0.15, 0.2) is 0 Å². The third-order valence-electron chi connectivity index (χ3n) is 3.85. The highest BCUT2D eigenvalue weighted by Crippen LogP contribution is 2.31. The fraction of sp³-hybridized carbons (Fsp3) is 0.0476. The van der Waals surface area contributed by atoms with E-state index in [9.17, 15) is 13.2 Å². The first-order valence-corrected chi connectivity index (χ1v) is 8.82. The van der Waals surface area contributed by atoms with Crippen LogP contribution in [0.15, 0.2) is 73.3 Å². The van der Waals surface area contributed by atoms with Crippen molar-refractivity contribution in [2.24, 2.45) is 0 Å². The predicted octanol–water partition coefficient (Wildman–Crippen LogP) is 7.17. The summed E-state index contributed by atoms with van der Waals surface area (Å²) in [5, 5.41) is 0. The number of rotatable bonds is 4. The SMILES string of the molecule is C=Cc1ccc(-c2ccc(-c3ccc(OC(F)(F)F)cc3)cc2I)cc1. The van der Waals surface area contributed by atoms with Crippen molar-refractivity contribution >= 4 is 28.7 Å². The summed E-state index contributed by atoms with van der Waals surface area (Å²) in [6, 6.07) is 19.9. The normalized spacial score (nSPS) is 11.2. The van der Waals surface area contributed by atoms with E-state index < -0.39 is 6.36 Å². The molecule has 0 bridgehead atoms. The minimum atomic E-state index is -4.68. The van der Waals surface area contributed by atoms with Crippen molar-refractivity contribution in [2.75, 3.05) is 0 Å². The zero-order valence-corrected chi connectivity index (χ0v) is 15.7. The highest BCUT2D eigenvalue weighted by atomic mass is 127. The van der Waals surface area contributed by atoms with Gasteiger partial charge in [-0.05, 0) is 68.6 Å². The van der Waals surface area contributed by atoms with Gasteiger partial charge in [0.05, 0.1) is 0 Å². The maximum absolute atomic E-state index is 12.2. The summed E-state index contributed by atoms with van der Waals surface area (Å²) in [6.07, 6.45) is -2.89. The van der Waals surface area contributed by atoms with E-state index in [4.69, 9.17) is 0 Å². The molecule has 0 heterocycles. The Morgan fingerprint density at radius 2 is 1.38 bits per heavy atom. The van der Waals surface area contributed by atoms with Crippen LogP contribution >= 0.6 is 22.6 Å². The van der Waals surface area contributed by atoms with E-state index in [1.165, 1.54) is 12.1 Å². The number of halogens is 4. The molecule has 3 aromatic carbocycles. The molecule has 3 aromatic rings. The number of benzene rings is 3. The van der Waals surface area contributed by atoms with Crippen LogP contribution in [0.4, 0.5) is 13.2 Å². The molecule has 0 radical (unpaired) electrons. The Morgan fingerprint density at radius 1 is 0.808 bits per heavy atom. The van der Waals surface area contributed by atoms with Gasteiger partial charge in [-0.3, -0.25) is 0 Å². The van der Waals surface area contributed by atoms with E-state index in [1.54, 1.807) is 18.2 Å². The Bertz CT molecular complexity index is 913. The van der Waals surface area contributed by atoms with Gasteiger partial charge in [-0.1, -0.05) is 61.2 Å². The first-order valence-electron chi connectivity index (χ1n) is 7.74. The summed E-state index contributed by atoms with van der Waals surface area (Å²) in [5.74, 6) is -0.227. The number of ether oxygens (including phenoxy) is 1. The fourth-order valence-electron chi connectivity index (χ4n) is 2.58. The lowest BCUT2D eigenvalue weighted by atomic mass is 9.99. The van der Waals surface area contributed by atoms with Crippen LogP contribution < -0.4 is 4.74 Å². The zero-order valence-electron chi connectivity index (χ0n) is 13.6. The Hall–Kier alpha value is -2.28. The minimum absolute atomic E-state index is 0.227. The summed E-state index contributed by atoms with van der Waals surface area (Å²) in [6.45, 7) is 3.75. The van der Waals surface area contributed by atoms with Crippen LogP contribution in [0.2, 0.25) is 0 Å². The van der Waals surface area contributed by atoms with Gasteiger partial charge >= 0.3 is 6.36 Å². The predicted molar refractivity (Wildman–Crippen MR) is 107 cm³/mol. The molecule has 0 saturated heterocycles. The molecule has 0 aliphatic rings. The second-order valence-corrected chi connectivity index (χ2v) is 6.76. The molecule has 0 N–H and O–H groups in total. The maximum Gasteiger partial charge on any atom is 0.573 e. The summed E-state index contributed by atoms with van der Waals surface area (Å²) in [4.78, 5) is 0. The lowest BCUT2D eigenvalue weighted by Crippen LogP contribution is -2.16. The van der Waals surface area contributed by atoms with E-state index in [0.29, 0.717) is 0 Å². The average Bonchev–Trinajstić information content (AvgIpc) is 2.61. The van der Waals surface area contributed by atoms with Crippen molar-refractivity contribution < 1.29 is 17.9 Å². The molecule has 26 heavy (non-hydrogen) atoms. The van der Waals surface area contributed by atoms with Gasteiger partial charge in [-0.2, -0.15) is 0 Å². The lowest BCUT2D eigenvalue weighted by Gasteiger charge is -2.11. The van der Waals surface area contributed by atoms with E-state index >= 15 is 0 Å². The van der Waals surface area contributed by atoms with Crippen molar-refractivity contribution in [1.82, 2.24) is 0 Å². The van der Waals surface area contributed by atoms with Crippen LogP contribution in [-0.2, 0) is 0 Å². The molecule has 3 rings (SSSR count). The minimum Gasteiger partial charge on any atom is -0.406 e. The molecule has 0 aliphatic carbocycles. The summed E-state index contributed by atoms with van der Waals surface area (Å²) < 4.78 is 41.7. The second kappa shape index (κ2) is 7.53. The van der Waals surface area contributed by atoms with Gasteiger partial charge in [-0.15, -0.1) is 13.2 Å². The Labute approximate surface area is 163 Å². The molecule has 132 valence electrons. The van der Waals surface area contributed by atoms with Crippen LogP contribution in [0, 0.1) is 3.57 Å². The Balaban J connectivity index is 1.86. The molecule has 0 spiro atoms. The molecule has 0 atom stereocenters. The topological polar surface area (TPSA) is 9.23 Å². The van der Waals surface area contributed by atoms with Gasteiger partial charge in [0.2, 0.25) is 0 Å². The van der Waals surface area contributed by atoms with Crippen molar-refractivity contribution in [3.05, 3.63) is 82.4 Å². The second-order valence-electron chi connectivity index (χ2n) is 5.59. The fourth-order valence-corrected chi connectivity index (χ4v) is 3.40. The standard InChI is InChI=1S/C21H14F3IO/c1-2-14-3-5-16(6-4-14)19-12-9-17(13-20(19)25)15-7-10-18(11-8-15)26-21(22,23)24/h2-13H,1H2. The molecular weight excluding hydrogens is 452 g/mol. The Kier molecular flexibility index (Phi) is 5.36. The largest absolute Gasteiger partial charge is 0.573 e. The van der Waals surface area contributed by atoms with Crippen LogP contribution in [0.1, 0.15) is 5.56 Å². The smallest absolute Gasteiger partial charge is 0.406 e. The van der Waals surface area contributed by atoms with E-state index in [0.717, 1.165) is 31.4 Å². The van der Waals surface area contributed by atoms with Gasteiger partial charge in [0.1, 0.15) is 5.75 Å². The molecule has 0 aromatic heterocycles. The maximum atomic E-state index is 12.2. The molecular formula is C21H14F3IO. The molecule has 0 unspecified atom stereocenters. The molecule has 0 fully saturated rings. The van der Waals surface area contributed by atoms with Crippen molar-refractivity contribution in [1.29, 1.82) is 0 Å². The number of hydrogen-bond acceptors (Lipinski definition) is 1. The number of alkyl halides is 3. The van der Waals surface area contributed by atoms with Crippen molar-refractivity contribution in [2.45, 2.75) is 6.36 Å². The number of hydrogen-bond donors (Lipinski definition) is 0. The monoisotopic (exact) mass is 466 g/mol. The van der Waals surface area contributed by atoms with Crippen molar-refractivity contribution in [3.8, 4) is 28.0 Å². The molecule has 1 nitrogen and oxygen atoms in total. The first-order chi connectivity index (χ1) is 12.4. The van der Waals surface area contributed by atoms with E-state index in [-0.39, 0.29) is 5.75 Å². The highest BCUT2D eigenvalue weighted by Gasteiger charge is 2.30. The van der Waals surface area contributed by atoms with Crippen LogP contribution in [0.5, 0.6) is 5.75 Å². The van der Waals surface area contributed by atoms with Crippen LogP contribution in [-0.4, -0.2) is 6.36 Å². The van der Waals surface area contributed by atoms with E-state index in [2.05, 4.69) is 33.9 Å². The summed E-state index contributed by atoms with van der Waals surface area (Å²) >= 11 is 2.27. The van der Waals surface area contributed by atoms with Crippen molar-refractivity contribution in [3.63, 3.8) is 0 Å². The third-order valence-corrected chi connectivity index (χ3v) is 4.74. The molecule has 5 heteroatoms. The quantitative estimate of drug-likeness (QED) is 0.371. The highest BCUT2D eigenvalue weighted by molar-refractivity contribution is 14.1. The van der Waals surface area contributed by atoms with Crippen LogP contribution in [0.25, 0.3) is 28.3 Å². The molecule has 0 aliphatic heterocycles. The van der Waals surface area contributed by atoms with Gasteiger partial charge in [0.25, 0.3) is 0 Å². The van der Waals surface area contributed by atoms with Gasteiger partial charge in [-0.25, -0.2) is 0 Å². The Morgan fingerprint density at radius 3 is 1.92 bits per heavy atom. The van der Waals surface area contributed by atoms with E-state index in [1.807, 2.05) is 42.5 Å². The average molecular weight is 466 g/mol. The summed E-state index contributed by atoms with van der Waals surface area (Å²) in [7, 11) is 0.